The highest BCUT2D eigenvalue weighted by molar-refractivity contribution is 6.15. The second-order valence-electron chi connectivity index (χ2n) is 7.21. The van der Waals surface area contributed by atoms with Crippen LogP contribution >= 0.6 is 0 Å². The molecule has 32 heavy (non-hydrogen) atoms. The summed E-state index contributed by atoms with van der Waals surface area (Å²) in [6.07, 6.45) is 1.57. The minimum absolute atomic E-state index is 0.0560. The first-order valence-corrected chi connectivity index (χ1v) is 10.3. The number of hydrogen-bond acceptors (Lipinski definition) is 7. The Balaban J connectivity index is 1.93. The standard InChI is InChI=1S/C24H21FN2O5/c1-3-31-23(29)18-19(24(30)32-4-2)21(22(28)14-9-11-16(25)12-10-14)27-20(18)17-8-6-5-7-15(17)13-26-27/h5-13,18,20H,3-4H2,1-2H3/t18-,20-/m1/s1. The molecule has 0 aromatic heterocycles. The smallest absolute Gasteiger partial charge is 0.337 e. The number of esters is 2. The van der Waals surface area contributed by atoms with Crippen LogP contribution in [0.3, 0.4) is 0 Å². The Labute approximate surface area is 184 Å². The fraction of sp³-hybridized carbons (Fsp3) is 0.250. The summed E-state index contributed by atoms with van der Waals surface area (Å²) in [6.45, 7) is 3.45. The molecule has 2 aliphatic rings. The highest BCUT2D eigenvalue weighted by Gasteiger charge is 2.53. The molecule has 2 aliphatic heterocycles. The molecule has 2 aromatic carbocycles. The third-order valence-electron chi connectivity index (χ3n) is 5.37. The minimum Gasteiger partial charge on any atom is -0.465 e. The maximum atomic E-state index is 13.5. The lowest BCUT2D eigenvalue weighted by Gasteiger charge is -2.31. The van der Waals surface area contributed by atoms with Gasteiger partial charge in [0.2, 0.25) is 5.78 Å². The molecule has 0 unspecified atom stereocenters. The molecule has 0 bridgehead atoms. The van der Waals surface area contributed by atoms with Crippen molar-refractivity contribution in [3.63, 3.8) is 0 Å². The molecule has 0 amide bonds. The molecule has 0 saturated heterocycles. The maximum absolute atomic E-state index is 13.5. The summed E-state index contributed by atoms with van der Waals surface area (Å²) in [5.74, 6) is -3.63. The van der Waals surface area contributed by atoms with Crippen LogP contribution in [-0.4, -0.2) is 42.2 Å². The van der Waals surface area contributed by atoms with Crippen LogP contribution in [0, 0.1) is 11.7 Å². The van der Waals surface area contributed by atoms with Crippen LogP contribution in [0.4, 0.5) is 4.39 Å². The van der Waals surface area contributed by atoms with Crippen LogP contribution in [-0.2, 0) is 19.1 Å². The van der Waals surface area contributed by atoms with E-state index in [1.54, 1.807) is 20.1 Å². The Kier molecular flexibility index (Phi) is 5.85. The van der Waals surface area contributed by atoms with E-state index >= 15 is 0 Å². The summed E-state index contributed by atoms with van der Waals surface area (Å²) in [7, 11) is 0. The third-order valence-corrected chi connectivity index (χ3v) is 5.37. The van der Waals surface area contributed by atoms with E-state index in [0.717, 1.165) is 23.3 Å². The number of ether oxygens (including phenoxy) is 2. The Morgan fingerprint density at radius 3 is 2.38 bits per heavy atom. The van der Waals surface area contributed by atoms with E-state index in [0.29, 0.717) is 0 Å². The average Bonchev–Trinajstić information content (AvgIpc) is 3.15. The third kappa shape index (κ3) is 3.57. The lowest BCUT2D eigenvalue weighted by Crippen LogP contribution is -2.33. The Morgan fingerprint density at radius 1 is 1.00 bits per heavy atom. The van der Waals surface area contributed by atoms with E-state index in [4.69, 9.17) is 9.47 Å². The zero-order chi connectivity index (χ0) is 22.8. The van der Waals surface area contributed by atoms with Crippen molar-refractivity contribution in [2.75, 3.05) is 13.2 Å². The second kappa shape index (κ2) is 8.74. The molecule has 0 radical (unpaired) electrons. The number of benzene rings is 2. The van der Waals surface area contributed by atoms with Crippen LogP contribution in [0.25, 0.3) is 0 Å². The number of rotatable bonds is 6. The number of carbonyl (C=O) groups excluding carboxylic acids is 3. The predicted molar refractivity (Wildman–Crippen MR) is 113 cm³/mol. The first-order chi connectivity index (χ1) is 15.5. The highest BCUT2D eigenvalue weighted by atomic mass is 19.1. The number of Topliss-reactive ketones (excluding diaryl/α,β-unsaturated/α-hetero) is 1. The van der Waals surface area contributed by atoms with Gasteiger partial charge in [0.15, 0.2) is 0 Å². The Morgan fingerprint density at radius 2 is 1.69 bits per heavy atom. The number of hydrazone groups is 1. The second-order valence-corrected chi connectivity index (χ2v) is 7.21. The largest absolute Gasteiger partial charge is 0.465 e. The number of halogens is 1. The van der Waals surface area contributed by atoms with Crippen molar-refractivity contribution in [2.45, 2.75) is 19.9 Å². The molecule has 0 fully saturated rings. The molecule has 0 saturated carbocycles. The summed E-state index contributed by atoms with van der Waals surface area (Å²) in [4.78, 5) is 39.6. The van der Waals surface area contributed by atoms with Crippen molar-refractivity contribution in [3.8, 4) is 0 Å². The van der Waals surface area contributed by atoms with Gasteiger partial charge in [-0.3, -0.25) is 14.6 Å². The number of nitrogens with zero attached hydrogens (tertiary/aromatic N) is 2. The predicted octanol–water partition coefficient (Wildman–Crippen LogP) is 3.41. The van der Waals surface area contributed by atoms with E-state index in [-0.39, 0.29) is 30.0 Å². The van der Waals surface area contributed by atoms with E-state index in [1.165, 1.54) is 17.1 Å². The Hall–Kier alpha value is -3.81. The molecule has 8 heteroatoms. The Bertz CT molecular complexity index is 1140. The van der Waals surface area contributed by atoms with Crippen LogP contribution in [0.5, 0.6) is 0 Å². The van der Waals surface area contributed by atoms with Gasteiger partial charge >= 0.3 is 11.9 Å². The molecule has 164 valence electrons. The molecule has 0 N–H and O–H groups in total. The van der Waals surface area contributed by atoms with Crippen molar-refractivity contribution >= 4 is 23.9 Å². The zero-order valence-corrected chi connectivity index (χ0v) is 17.6. The minimum atomic E-state index is -1.12. The monoisotopic (exact) mass is 436 g/mol. The van der Waals surface area contributed by atoms with Gasteiger partial charge in [0, 0.05) is 5.56 Å². The van der Waals surface area contributed by atoms with E-state index in [9.17, 15) is 18.8 Å². The number of carbonyl (C=O) groups is 3. The number of fused-ring (bicyclic) bond motifs is 3. The van der Waals surface area contributed by atoms with Crippen LogP contribution in [0.2, 0.25) is 0 Å². The molecular weight excluding hydrogens is 415 g/mol. The summed E-state index contributed by atoms with van der Waals surface area (Å²) in [6, 6.07) is 11.5. The van der Waals surface area contributed by atoms with E-state index in [1.807, 2.05) is 24.3 Å². The number of ketones is 1. The van der Waals surface area contributed by atoms with Crippen LogP contribution in [0.1, 0.15) is 41.4 Å². The molecule has 0 spiro atoms. The van der Waals surface area contributed by atoms with E-state index in [2.05, 4.69) is 5.10 Å². The molecule has 2 heterocycles. The molecule has 7 nitrogen and oxygen atoms in total. The topological polar surface area (TPSA) is 85.3 Å². The van der Waals surface area contributed by atoms with Gasteiger partial charge in [0.25, 0.3) is 0 Å². The molecule has 2 atom stereocenters. The van der Waals surface area contributed by atoms with Crippen LogP contribution in [0.15, 0.2) is 64.9 Å². The lowest BCUT2D eigenvalue weighted by molar-refractivity contribution is -0.151. The summed E-state index contributed by atoms with van der Waals surface area (Å²) < 4.78 is 23.9. The highest BCUT2D eigenvalue weighted by Crippen LogP contribution is 2.48. The van der Waals surface area contributed by atoms with Gasteiger partial charge in [-0.05, 0) is 49.2 Å². The normalized spacial score (nSPS) is 18.8. The molecular formula is C24H21FN2O5. The van der Waals surface area contributed by atoms with Crippen molar-refractivity contribution in [2.24, 2.45) is 11.0 Å². The average molecular weight is 436 g/mol. The molecule has 4 rings (SSSR count). The van der Waals surface area contributed by atoms with Crippen molar-refractivity contribution in [1.82, 2.24) is 5.01 Å². The van der Waals surface area contributed by atoms with Gasteiger partial charge in [-0.2, -0.15) is 5.10 Å². The molecule has 2 aromatic rings. The molecule has 0 aliphatic carbocycles. The van der Waals surface area contributed by atoms with Gasteiger partial charge in [0.05, 0.1) is 31.0 Å². The first-order valence-electron chi connectivity index (χ1n) is 10.3. The maximum Gasteiger partial charge on any atom is 0.337 e. The summed E-state index contributed by atoms with van der Waals surface area (Å²) in [5.41, 5.74) is 1.45. The lowest BCUT2D eigenvalue weighted by atomic mass is 9.86. The first kappa shape index (κ1) is 21.4. The van der Waals surface area contributed by atoms with Crippen molar-refractivity contribution < 1.29 is 28.2 Å². The number of allylic oxidation sites excluding steroid dienone is 1. The zero-order valence-electron chi connectivity index (χ0n) is 17.6. The van der Waals surface area contributed by atoms with Crippen molar-refractivity contribution in [3.05, 3.63) is 82.3 Å². The van der Waals surface area contributed by atoms with Gasteiger partial charge in [-0.1, -0.05) is 24.3 Å². The van der Waals surface area contributed by atoms with Gasteiger partial charge in [0.1, 0.15) is 17.4 Å². The SMILES string of the molecule is CCOC(=O)C1=C(C(=O)c2ccc(F)cc2)N2N=Cc3ccccc3[C@@H]2[C@@H]1C(=O)OCC. The summed E-state index contributed by atoms with van der Waals surface area (Å²) >= 11 is 0. The van der Waals surface area contributed by atoms with Crippen LogP contribution < -0.4 is 0 Å². The van der Waals surface area contributed by atoms with Gasteiger partial charge in [-0.15, -0.1) is 0 Å². The van der Waals surface area contributed by atoms with E-state index < -0.39 is 35.5 Å². The summed E-state index contributed by atoms with van der Waals surface area (Å²) in [5, 5.41) is 5.78. The van der Waals surface area contributed by atoms with Gasteiger partial charge in [-0.25, -0.2) is 9.18 Å². The fourth-order valence-electron chi connectivity index (χ4n) is 4.05. The van der Waals surface area contributed by atoms with Crippen molar-refractivity contribution in [1.29, 1.82) is 0 Å². The number of hydrogen-bond donors (Lipinski definition) is 0. The fourth-order valence-corrected chi connectivity index (χ4v) is 4.05. The quantitative estimate of drug-likeness (QED) is 0.510. The van der Waals surface area contributed by atoms with Gasteiger partial charge < -0.3 is 9.47 Å².